The zero-order chi connectivity index (χ0) is 23.8. The highest BCUT2D eigenvalue weighted by Gasteiger charge is 2.24. The number of aromatic nitrogens is 3. The van der Waals surface area contributed by atoms with Gasteiger partial charge in [-0.2, -0.15) is 0 Å². The molecule has 2 aromatic carbocycles. The van der Waals surface area contributed by atoms with Gasteiger partial charge in [0.1, 0.15) is 0 Å². The van der Waals surface area contributed by atoms with Crippen molar-refractivity contribution in [1.29, 1.82) is 0 Å². The van der Waals surface area contributed by atoms with Crippen molar-refractivity contribution in [2.24, 2.45) is 0 Å². The third-order valence-electron chi connectivity index (χ3n) is 5.36. The minimum absolute atomic E-state index is 0.343. The van der Waals surface area contributed by atoms with E-state index >= 15 is 0 Å². The number of nitrogens with one attached hydrogen (secondary N) is 2. The lowest BCUT2D eigenvalue weighted by Crippen LogP contribution is -2.42. The van der Waals surface area contributed by atoms with E-state index in [1.54, 1.807) is 6.92 Å². The average Bonchev–Trinajstić information content (AvgIpc) is 3.26. The van der Waals surface area contributed by atoms with Crippen LogP contribution in [0.4, 0.5) is 10.7 Å². The van der Waals surface area contributed by atoms with Crippen molar-refractivity contribution < 1.29 is 14.3 Å². The lowest BCUT2D eigenvalue weighted by Gasteiger charge is -2.28. The van der Waals surface area contributed by atoms with Gasteiger partial charge in [0.15, 0.2) is 5.16 Å². The fourth-order valence-corrected chi connectivity index (χ4v) is 4.36. The van der Waals surface area contributed by atoms with Crippen LogP contribution in [-0.2, 0) is 22.6 Å². The normalized spacial score (nSPS) is 14.4. The predicted octanol–water partition coefficient (Wildman–Crippen LogP) is 2.67. The van der Waals surface area contributed by atoms with Crippen molar-refractivity contribution in [3.63, 3.8) is 0 Å². The van der Waals surface area contributed by atoms with Gasteiger partial charge in [0.2, 0.25) is 11.9 Å². The van der Waals surface area contributed by atoms with E-state index in [-0.39, 0.29) is 0 Å². The van der Waals surface area contributed by atoms with Gasteiger partial charge in [-0.15, -0.1) is 10.2 Å². The van der Waals surface area contributed by atoms with Crippen molar-refractivity contribution >= 4 is 29.6 Å². The molecule has 1 atom stereocenters. The van der Waals surface area contributed by atoms with E-state index in [1.807, 2.05) is 65.2 Å². The number of amides is 3. The van der Waals surface area contributed by atoms with Crippen LogP contribution in [0, 0.1) is 0 Å². The van der Waals surface area contributed by atoms with Crippen LogP contribution in [0.25, 0.3) is 0 Å². The number of rotatable bonds is 8. The maximum Gasteiger partial charge on any atom is 0.321 e. The summed E-state index contributed by atoms with van der Waals surface area (Å²) in [7, 11) is 0. The van der Waals surface area contributed by atoms with Gasteiger partial charge in [-0.3, -0.25) is 14.7 Å². The van der Waals surface area contributed by atoms with Crippen LogP contribution in [0.5, 0.6) is 0 Å². The van der Waals surface area contributed by atoms with Gasteiger partial charge in [0, 0.05) is 19.6 Å². The van der Waals surface area contributed by atoms with Crippen molar-refractivity contribution in [3.05, 3.63) is 71.8 Å². The monoisotopic (exact) mass is 480 g/mol. The molecular formula is C24H28N6O3S. The Bertz CT molecular complexity index is 1090. The molecule has 1 aromatic heterocycles. The quantitative estimate of drug-likeness (QED) is 0.478. The molecule has 0 saturated carbocycles. The number of imide groups is 1. The van der Waals surface area contributed by atoms with E-state index in [4.69, 9.17) is 4.74 Å². The van der Waals surface area contributed by atoms with Gasteiger partial charge in [-0.25, -0.2) is 4.79 Å². The van der Waals surface area contributed by atoms with Gasteiger partial charge in [0.05, 0.1) is 25.0 Å². The molecular weight excluding hydrogens is 452 g/mol. The van der Waals surface area contributed by atoms with Gasteiger partial charge < -0.3 is 15.0 Å². The first-order chi connectivity index (χ1) is 16.6. The minimum Gasteiger partial charge on any atom is -0.378 e. The Hall–Kier alpha value is -3.37. The first kappa shape index (κ1) is 23.8. The molecule has 9 nitrogen and oxygen atoms in total. The molecule has 34 heavy (non-hydrogen) atoms. The molecule has 0 spiro atoms. The molecule has 2 N–H and O–H groups in total. The van der Waals surface area contributed by atoms with Crippen molar-refractivity contribution in [2.75, 3.05) is 31.2 Å². The van der Waals surface area contributed by atoms with E-state index < -0.39 is 17.2 Å². The highest BCUT2D eigenvalue weighted by atomic mass is 32.2. The Morgan fingerprint density at radius 1 is 1.00 bits per heavy atom. The number of thioether (sulfide) groups is 1. The number of carbonyl (C=O) groups is 2. The summed E-state index contributed by atoms with van der Waals surface area (Å²) >= 11 is 1.28. The van der Waals surface area contributed by atoms with Crippen molar-refractivity contribution in [3.8, 4) is 0 Å². The van der Waals surface area contributed by atoms with Gasteiger partial charge in [-0.05, 0) is 18.1 Å². The summed E-state index contributed by atoms with van der Waals surface area (Å²) in [5.74, 6) is 0.362. The molecule has 0 aliphatic carbocycles. The Morgan fingerprint density at radius 2 is 1.65 bits per heavy atom. The van der Waals surface area contributed by atoms with Crippen LogP contribution >= 0.6 is 11.8 Å². The zero-order valence-corrected chi connectivity index (χ0v) is 19.8. The van der Waals surface area contributed by atoms with E-state index in [9.17, 15) is 9.59 Å². The fraction of sp³-hybridized carbons (Fsp3) is 0.333. The number of benzene rings is 2. The second kappa shape index (κ2) is 11.7. The van der Waals surface area contributed by atoms with Crippen LogP contribution in [-0.4, -0.2) is 58.3 Å². The molecule has 1 aliphatic heterocycles. The summed E-state index contributed by atoms with van der Waals surface area (Å²) in [5, 5.41) is 14.0. The van der Waals surface area contributed by atoms with Crippen LogP contribution in [0.2, 0.25) is 0 Å². The summed E-state index contributed by atoms with van der Waals surface area (Å²) in [6.45, 7) is 5.41. The summed E-state index contributed by atoms with van der Waals surface area (Å²) in [4.78, 5) is 27.0. The highest BCUT2D eigenvalue weighted by molar-refractivity contribution is 8.00. The molecule has 0 radical (unpaired) electrons. The second-order valence-corrected chi connectivity index (χ2v) is 9.18. The van der Waals surface area contributed by atoms with E-state index in [0.717, 1.165) is 30.2 Å². The van der Waals surface area contributed by atoms with Crippen molar-refractivity contribution in [1.82, 2.24) is 25.4 Å². The Labute approximate surface area is 202 Å². The first-order valence-corrected chi connectivity index (χ1v) is 12.1. The molecule has 1 saturated heterocycles. The molecule has 3 aromatic rings. The van der Waals surface area contributed by atoms with E-state index in [2.05, 4.69) is 25.7 Å². The lowest BCUT2D eigenvalue weighted by molar-refractivity contribution is -0.119. The minimum atomic E-state index is -0.543. The molecule has 10 heteroatoms. The zero-order valence-electron chi connectivity index (χ0n) is 19.0. The van der Waals surface area contributed by atoms with Gasteiger partial charge >= 0.3 is 6.03 Å². The predicted molar refractivity (Wildman–Crippen MR) is 131 cm³/mol. The summed E-state index contributed by atoms with van der Waals surface area (Å²) < 4.78 is 7.49. The molecule has 1 unspecified atom stereocenters. The third kappa shape index (κ3) is 6.36. The van der Waals surface area contributed by atoms with Gasteiger partial charge in [-0.1, -0.05) is 72.4 Å². The molecule has 4 rings (SSSR count). The molecule has 1 aliphatic rings. The summed E-state index contributed by atoms with van der Waals surface area (Å²) in [6.07, 6.45) is 0. The molecule has 178 valence electrons. The first-order valence-electron chi connectivity index (χ1n) is 11.2. The Morgan fingerprint density at radius 3 is 2.32 bits per heavy atom. The lowest BCUT2D eigenvalue weighted by atomic mass is 10.2. The maximum atomic E-state index is 12.7. The Kier molecular flexibility index (Phi) is 8.16. The van der Waals surface area contributed by atoms with Crippen molar-refractivity contribution in [2.45, 2.75) is 30.4 Å². The number of morpholine rings is 1. The van der Waals surface area contributed by atoms with Crippen LogP contribution in [0.15, 0.2) is 65.8 Å². The van der Waals surface area contributed by atoms with Crippen LogP contribution < -0.4 is 15.5 Å². The SMILES string of the molecule is CC(Sc1nnc(N2CCOCC2)n1Cc1ccccc1)C(=O)NC(=O)NCc1ccccc1. The second-order valence-electron chi connectivity index (χ2n) is 7.87. The molecule has 3 amide bonds. The number of urea groups is 1. The van der Waals surface area contributed by atoms with E-state index in [0.29, 0.717) is 31.5 Å². The van der Waals surface area contributed by atoms with Crippen LogP contribution in [0.3, 0.4) is 0 Å². The molecule has 1 fully saturated rings. The highest BCUT2D eigenvalue weighted by Crippen LogP contribution is 2.27. The largest absolute Gasteiger partial charge is 0.378 e. The number of ether oxygens (including phenoxy) is 1. The maximum absolute atomic E-state index is 12.7. The number of carbonyl (C=O) groups excluding carboxylic acids is 2. The topological polar surface area (TPSA) is 101 Å². The van der Waals surface area contributed by atoms with E-state index in [1.165, 1.54) is 11.8 Å². The molecule has 0 bridgehead atoms. The fourth-order valence-electron chi connectivity index (χ4n) is 3.52. The molecule has 2 heterocycles. The smallest absolute Gasteiger partial charge is 0.321 e. The standard InChI is InChI=1S/C24H28N6O3S/c1-18(21(31)26-22(32)25-16-19-8-4-2-5-9-19)34-24-28-27-23(29-12-14-33-15-13-29)30(24)17-20-10-6-3-7-11-20/h2-11,18H,12-17H2,1H3,(H2,25,26,31,32). The number of hydrogen-bond acceptors (Lipinski definition) is 7. The number of hydrogen-bond donors (Lipinski definition) is 2. The summed E-state index contributed by atoms with van der Waals surface area (Å²) in [5.41, 5.74) is 2.06. The third-order valence-corrected chi connectivity index (χ3v) is 6.44. The number of anilines is 1. The number of nitrogens with zero attached hydrogens (tertiary/aromatic N) is 4. The Balaban J connectivity index is 1.41. The van der Waals surface area contributed by atoms with Gasteiger partial charge in [0.25, 0.3) is 0 Å². The summed E-state index contributed by atoms with van der Waals surface area (Å²) in [6, 6.07) is 19.0. The average molecular weight is 481 g/mol. The van der Waals surface area contributed by atoms with Crippen LogP contribution in [0.1, 0.15) is 18.1 Å².